The number of nitrogens with one attached hydrogen (secondary N) is 2. The number of tetrazole rings is 1. The summed E-state index contributed by atoms with van der Waals surface area (Å²) in [7, 11) is 0. The molecular weight excluding hydrogens is 667 g/mol. The summed E-state index contributed by atoms with van der Waals surface area (Å²) in [4.78, 5) is 45.7. The van der Waals surface area contributed by atoms with Crippen LogP contribution in [0.15, 0.2) is 61.1 Å². The molecule has 13 nitrogen and oxygen atoms in total. The average molecular weight is 703 g/mol. The van der Waals surface area contributed by atoms with Crippen molar-refractivity contribution in [2.75, 3.05) is 38.2 Å². The molecule has 2 aromatic heterocycles. The summed E-state index contributed by atoms with van der Waals surface area (Å²) >= 11 is 6.08. The maximum Gasteiger partial charge on any atom is 0.339 e. The van der Waals surface area contributed by atoms with Gasteiger partial charge in [-0.2, -0.15) is 4.68 Å². The first-order valence-electron chi connectivity index (χ1n) is 16.4. The molecule has 2 aliphatic heterocycles. The van der Waals surface area contributed by atoms with Gasteiger partial charge in [0.15, 0.2) is 5.82 Å². The number of benzene rings is 2. The number of hydrogen-bond acceptors (Lipinski definition) is 10. The van der Waals surface area contributed by atoms with E-state index in [1.807, 2.05) is 6.07 Å². The van der Waals surface area contributed by atoms with Gasteiger partial charge < -0.3 is 25.0 Å². The van der Waals surface area contributed by atoms with Crippen LogP contribution in [0.3, 0.4) is 0 Å². The summed E-state index contributed by atoms with van der Waals surface area (Å²) in [6.45, 7) is 4.63. The summed E-state index contributed by atoms with van der Waals surface area (Å²) in [5.74, 6) is -0.927. The molecule has 50 heavy (non-hydrogen) atoms. The fraction of sp³-hybridized carbons (Fsp3) is 0.343. The Labute approximate surface area is 292 Å². The zero-order chi connectivity index (χ0) is 35.0. The van der Waals surface area contributed by atoms with Gasteiger partial charge >= 0.3 is 5.97 Å². The SMILES string of the molecule is CCOC(=O)c1ccc(NC(=O)[C@@H]2c3cccc(OCCC4CCNCC4)c3CCN2C(=O)/C=C/c2c(-n3cnnn3)ccc(Cl)c2F)nc1. The lowest BCUT2D eigenvalue weighted by molar-refractivity contribution is -0.135. The molecule has 6 rings (SSSR count). The second-order valence-electron chi connectivity index (χ2n) is 11.9. The predicted octanol–water partition coefficient (Wildman–Crippen LogP) is 4.57. The third-order valence-electron chi connectivity index (χ3n) is 8.78. The van der Waals surface area contributed by atoms with Gasteiger partial charge in [0.05, 0.1) is 29.5 Å². The van der Waals surface area contributed by atoms with Gasteiger partial charge in [-0.25, -0.2) is 14.2 Å². The minimum atomic E-state index is -1.08. The summed E-state index contributed by atoms with van der Waals surface area (Å²) in [6, 6.07) is 10.3. The molecule has 2 aliphatic rings. The number of hydrogen-bond donors (Lipinski definition) is 2. The van der Waals surface area contributed by atoms with Crippen molar-refractivity contribution in [3.8, 4) is 11.4 Å². The molecule has 2 aromatic carbocycles. The number of pyridine rings is 1. The average Bonchev–Trinajstić information content (AvgIpc) is 3.67. The minimum absolute atomic E-state index is 0.00751. The van der Waals surface area contributed by atoms with Gasteiger partial charge in [-0.05, 0) is 104 Å². The van der Waals surface area contributed by atoms with Crippen LogP contribution in [0.2, 0.25) is 5.02 Å². The number of anilines is 1. The van der Waals surface area contributed by atoms with Gasteiger partial charge in [0, 0.05) is 29.9 Å². The number of halogens is 2. The van der Waals surface area contributed by atoms with E-state index < -0.39 is 29.6 Å². The van der Waals surface area contributed by atoms with E-state index in [0.29, 0.717) is 30.3 Å². The van der Waals surface area contributed by atoms with Crippen LogP contribution in [0.1, 0.15) is 59.3 Å². The summed E-state index contributed by atoms with van der Waals surface area (Å²) in [6.07, 6.45) is 8.65. The van der Waals surface area contributed by atoms with Crippen LogP contribution in [0, 0.1) is 11.7 Å². The van der Waals surface area contributed by atoms with E-state index in [9.17, 15) is 14.4 Å². The standard InChI is InChI=1S/C35H36ClFN8O5/c1-2-49-35(48)23-6-10-30(39-20-23)41-34(47)33-25-4-3-5-29(50-19-15-22-12-16-38-17-13-22)24(25)14-18-44(33)31(46)11-7-26-28(45-21-40-42-43-45)9-8-27(36)32(26)37/h3-11,20-22,33,38H,2,12-19H2,1H3,(H,39,41,47)/b11-7+/t33-/m0/s1. The Morgan fingerprint density at radius 1 is 1.14 bits per heavy atom. The number of fused-ring (bicyclic) bond motifs is 1. The molecule has 1 saturated heterocycles. The molecule has 4 aromatic rings. The highest BCUT2D eigenvalue weighted by Gasteiger charge is 2.37. The molecule has 2 amide bonds. The lowest BCUT2D eigenvalue weighted by Crippen LogP contribution is -2.45. The number of nitrogens with zero attached hydrogens (tertiary/aromatic N) is 6. The molecule has 0 unspecified atom stereocenters. The summed E-state index contributed by atoms with van der Waals surface area (Å²) in [5.41, 5.74) is 1.92. The van der Waals surface area contributed by atoms with Gasteiger partial charge in [0.25, 0.3) is 5.91 Å². The van der Waals surface area contributed by atoms with Gasteiger partial charge in [0.2, 0.25) is 5.91 Å². The van der Waals surface area contributed by atoms with E-state index in [2.05, 4.69) is 31.1 Å². The van der Waals surface area contributed by atoms with Gasteiger partial charge in [-0.15, -0.1) is 5.10 Å². The van der Waals surface area contributed by atoms with Crippen molar-refractivity contribution in [2.45, 2.75) is 38.6 Å². The maximum absolute atomic E-state index is 15.3. The molecule has 1 fully saturated rings. The van der Waals surface area contributed by atoms with Crippen molar-refractivity contribution in [1.29, 1.82) is 0 Å². The van der Waals surface area contributed by atoms with Crippen molar-refractivity contribution in [3.63, 3.8) is 0 Å². The van der Waals surface area contributed by atoms with Gasteiger partial charge in [-0.3, -0.25) is 9.59 Å². The number of piperidine rings is 1. The van der Waals surface area contributed by atoms with Crippen LogP contribution in [-0.2, 0) is 20.7 Å². The highest BCUT2D eigenvalue weighted by Crippen LogP contribution is 2.37. The quantitative estimate of drug-likeness (QED) is 0.168. The number of carbonyl (C=O) groups excluding carboxylic acids is 3. The predicted molar refractivity (Wildman–Crippen MR) is 182 cm³/mol. The highest BCUT2D eigenvalue weighted by atomic mass is 35.5. The van der Waals surface area contributed by atoms with Crippen LogP contribution in [0.4, 0.5) is 10.2 Å². The minimum Gasteiger partial charge on any atom is -0.493 e. The topological polar surface area (TPSA) is 153 Å². The normalized spacial score (nSPS) is 16.2. The second kappa shape index (κ2) is 16.0. The highest BCUT2D eigenvalue weighted by molar-refractivity contribution is 6.31. The number of ether oxygens (including phenoxy) is 2. The molecule has 0 aliphatic carbocycles. The van der Waals surface area contributed by atoms with Crippen LogP contribution in [0.25, 0.3) is 11.8 Å². The Bertz CT molecular complexity index is 1870. The van der Waals surface area contributed by atoms with Crippen LogP contribution in [0.5, 0.6) is 5.75 Å². The first-order valence-corrected chi connectivity index (χ1v) is 16.8. The molecule has 15 heteroatoms. The zero-order valence-electron chi connectivity index (χ0n) is 27.3. The number of carbonyl (C=O) groups is 3. The summed E-state index contributed by atoms with van der Waals surface area (Å²) < 4.78 is 27.8. The van der Waals surface area contributed by atoms with E-state index in [1.54, 1.807) is 19.1 Å². The number of esters is 1. The van der Waals surface area contributed by atoms with E-state index in [1.165, 1.54) is 58.5 Å². The first kappa shape index (κ1) is 34.6. The largest absolute Gasteiger partial charge is 0.493 e. The monoisotopic (exact) mass is 702 g/mol. The Kier molecular flexibility index (Phi) is 11.1. The van der Waals surface area contributed by atoms with Crippen LogP contribution < -0.4 is 15.4 Å². The van der Waals surface area contributed by atoms with Gasteiger partial charge in [0.1, 0.15) is 23.9 Å². The fourth-order valence-corrected chi connectivity index (χ4v) is 6.40. The van der Waals surface area contributed by atoms with Crippen molar-refractivity contribution < 1.29 is 28.2 Å². The van der Waals surface area contributed by atoms with E-state index in [4.69, 9.17) is 21.1 Å². The van der Waals surface area contributed by atoms with E-state index >= 15 is 4.39 Å². The third kappa shape index (κ3) is 7.81. The Balaban J connectivity index is 1.28. The Hall–Kier alpha value is -5.21. The maximum atomic E-state index is 15.3. The number of rotatable bonds is 11. The van der Waals surface area contributed by atoms with Crippen LogP contribution in [-0.4, -0.2) is 80.7 Å². The number of aromatic nitrogens is 5. The molecule has 0 saturated carbocycles. The Morgan fingerprint density at radius 3 is 2.72 bits per heavy atom. The summed E-state index contributed by atoms with van der Waals surface area (Å²) in [5, 5.41) is 17.1. The van der Waals surface area contributed by atoms with Crippen LogP contribution >= 0.6 is 11.6 Å². The third-order valence-corrected chi connectivity index (χ3v) is 9.07. The molecule has 0 bridgehead atoms. The second-order valence-corrected chi connectivity index (χ2v) is 12.3. The molecule has 260 valence electrons. The zero-order valence-corrected chi connectivity index (χ0v) is 28.1. The number of amides is 2. The van der Waals surface area contributed by atoms with E-state index in [0.717, 1.165) is 37.9 Å². The molecule has 1 atom stereocenters. The smallest absolute Gasteiger partial charge is 0.339 e. The molecule has 0 spiro atoms. The molecule has 2 N–H and O–H groups in total. The fourth-order valence-electron chi connectivity index (χ4n) is 6.23. The molecular formula is C35H36ClFN8O5. The van der Waals surface area contributed by atoms with Crippen molar-refractivity contribution in [1.82, 2.24) is 35.4 Å². The molecule has 0 radical (unpaired) electrons. The van der Waals surface area contributed by atoms with Crippen molar-refractivity contribution >= 4 is 41.3 Å². The first-order chi connectivity index (χ1) is 24.3. The van der Waals surface area contributed by atoms with Crippen molar-refractivity contribution in [3.05, 3.63) is 94.2 Å². The van der Waals surface area contributed by atoms with Crippen molar-refractivity contribution in [2.24, 2.45) is 5.92 Å². The lowest BCUT2D eigenvalue weighted by Gasteiger charge is -2.36. The van der Waals surface area contributed by atoms with E-state index in [-0.39, 0.29) is 40.8 Å². The molecule has 4 heterocycles. The lowest BCUT2D eigenvalue weighted by atomic mass is 9.90. The Morgan fingerprint density at radius 2 is 1.98 bits per heavy atom. The van der Waals surface area contributed by atoms with Gasteiger partial charge in [-0.1, -0.05) is 23.7 Å².